The van der Waals surface area contributed by atoms with Gasteiger partial charge in [-0.1, -0.05) is 18.2 Å². The summed E-state index contributed by atoms with van der Waals surface area (Å²) in [4.78, 5) is 16.4. The van der Waals surface area contributed by atoms with Crippen LogP contribution in [0, 0.1) is 5.82 Å². The van der Waals surface area contributed by atoms with E-state index in [1.807, 2.05) is 5.32 Å². The Kier molecular flexibility index (Phi) is 4.43. The quantitative estimate of drug-likeness (QED) is 0.833. The molecule has 2 aromatic rings. The fraction of sp³-hybridized carbons (Fsp3) is 0.176. The van der Waals surface area contributed by atoms with Crippen LogP contribution in [-0.4, -0.2) is 17.1 Å². The molecule has 130 valence electrons. The summed E-state index contributed by atoms with van der Waals surface area (Å²) < 4.78 is 52.9. The monoisotopic (exact) mass is 351 g/mol. The van der Waals surface area contributed by atoms with E-state index in [2.05, 4.69) is 10.3 Å². The van der Waals surface area contributed by atoms with E-state index in [9.17, 15) is 22.4 Å². The number of nitrogens with one attached hydrogen (secondary N) is 2. The first-order chi connectivity index (χ1) is 11.8. The number of rotatable bonds is 3. The number of alkyl halides is 3. The molecule has 0 fully saturated rings. The van der Waals surface area contributed by atoms with Gasteiger partial charge >= 0.3 is 6.18 Å². The molecule has 3 rings (SSSR count). The number of hydrogen-bond acceptors (Lipinski definition) is 3. The summed E-state index contributed by atoms with van der Waals surface area (Å²) in [5.41, 5.74) is 0.617. The molecular formula is C17H13F4N3O. The number of nitrogens with zero attached hydrogens (tertiary/aromatic N) is 1. The predicted octanol–water partition coefficient (Wildman–Crippen LogP) is 3.49. The van der Waals surface area contributed by atoms with E-state index in [1.165, 1.54) is 6.20 Å². The molecule has 1 unspecified atom stereocenters. The summed E-state index contributed by atoms with van der Waals surface area (Å²) in [5, 5.41) is 4.77. The molecule has 0 radical (unpaired) electrons. The Morgan fingerprint density at radius 2 is 1.92 bits per heavy atom. The van der Waals surface area contributed by atoms with Crippen LogP contribution in [-0.2, 0) is 11.2 Å². The summed E-state index contributed by atoms with van der Waals surface area (Å²) in [5.74, 6) is -0.946. The minimum Gasteiger partial charge on any atom is -0.346 e. The van der Waals surface area contributed by atoms with Crippen LogP contribution in [0.5, 0.6) is 0 Å². The molecule has 25 heavy (non-hydrogen) atoms. The van der Waals surface area contributed by atoms with Crippen LogP contribution in [0.3, 0.4) is 0 Å². The Hall–Kier alpha value is -2.90. The third-order valence-electron chi connectivity index (χ3n) is 3.75. The van der Waals surface area contributed by atoms with Gasteiger partial charge in [0.2, 0.25) is 5.91 Å². The third kappa shape index (κ3) is 3.78. The summed E-state index contributed by atoms with van der Waals surface area (Å²) in [7, 11) is 0. The van der Waals surface area contributed by atoms with Crippen LogP contribution in [0.4, 0.5) is 23.4 Å². The topological polar surface area (TPSA) is 54.0 Å². The average Bonchev–Trinajstić information content (AvgIpc) is 2.59. The van der Waals surface area contributed by atoms with Crippen LogP contribution in [0.2, 0.25) is 0 Å². The molecule has 1 aliphatic heterocycles. The molecular weight excluding hydrogens is 338 g/mol. The first kappa shape index (κ1) is 16.9. The van der Waals surface area contributed by atoms with E-state index in [0.29, 0.717) is 11.4 Å². The van der Waals surface area contributed by atoms with Crippen LogP contribution < -0.4 is 10.6 Å². The highest BCUT2D eigenvalue weighted by Crippen LogP contribution is 2.33. The normalized spacial score (nSPS) is 14.8. The molecule has 8 heteroatoms. The predicted molar refractivity (Wildman–Crippen MR) is 83.0 cm³/mol. The number of halogens is 4. The highest BCUT2D eigenvalue weighted by atomic mass is 19.4. The maximum Gasteiger partial charge on any atom is 0.412 e. The molecule has 2 heterocycles. The zero-order chi connectivity index (χ0) is 18.0. The maximum absolute atomic E-state index is 13.3. The molecule has 0 saturated carbocycles. The van der Waals surface area contributed by atoms with Gasteiger partial charge in [-0.3, -0.25) is 4.79 Å². The van der Waals surface area contributed by atoms with Crippen LogP contribution in [0.25, 0.3) is 0 Å². The molecule has 0 saturated heterocycles. The second-order valence-electron chi connectivity index (χ2n) is 5.50. The Morgan fingerprint density at radius 3 is 2.60 bits per heavy atom. The van der Waals surface area contributed by atoms with E-state index in [-0.39, 0.29) is 17.6 Å². The third-order valence-corrected chi connectivity index (χ3v) is 3.75. The minimum atomic E-state index is -4.71. The van der Waals surface area contributed by atoms with Crippen LogP contribution >= 0.6 is 0 Å². The van der Waals surface area contributed by atoms with E-state index in [4.69, 9.17) is 0 Å². The molecule has 1 aromatic carbocycles. The number of hydrogen-bond donors (Lipinski definition) is 2. The molecule has 1 amide bonds. The van der Waals surface area contributed by atoms with E-state index < -0.39 is 23.9 Å². The molecule has 1 aliphatic rings. The van der Waals surface area contributed by atoms with Gasteiger partial charge in [-0.25, -0.2) is 9.37 Å². The highest BCUT2D eigenvalue weighted by Gasteiger charge is 2.42. The maximum atomic E-state index is 13.3. The largest absolute Gasteiger partial charge is 0.412 e. The molecule has 2 N–H and O–H groups in total. The lowest BCUT2D eigenvalue weighted by Crippen LogP contribution is -2.39. The number of fused-ring (bicyclic) bond motifs is 1. The summed E-state index contributed by atoms with van der Waals surface area (Å²) in [6.45, 7) is 0. The minimum absolute atomic E-state index is 0.150. The molecule has 1 atom stereocenters. The van der Waals surface area contributed by atoms with Crippen molar-refractivity contribution >= 4 is 11.7 Å². The van der Waals surface area contributed by atoms with Crippen molar-refractivity contribution in [1.82, 2.24) is 10.3 Å². The van der Waals surface area contributed by atoms with Crippen molar-refractivity contribution in [1.29, 1.82) is 0 Å². The Labute approximate surface area is 140 Å². The molecule has 0 bridgehead atoms. The number of pyridine rings is 1. The van der Waals surface area contributed by atoms with Gasteiger partial charge in [0, 0.05) is 24.4 Å². The highest BCUT2D eigenvalue weighted by molar-refractivity contribution is 5.95. The number of amides is 1. The van der Waals surface area contributed by atoms with Crippen molar-refractivity contribution in [2.75, 3.05) is 5.32 Å². The fourth-order valence-electron chi connectivity index (χ4n) is 2.50. The second kappa shape index (κ2) is 6.54. The van der Waals surface area contributed by atoms with Crippen molar-refractivity contribution in [2.24, 2.45) is 0 Å². The standard InChI is InChI=1S/C17H13F4N3O/c18-13-5-3-10(4-6-13)14(17(19,20)21)24-16(25)12-8-11-2-1-7-22-15(11)23-9-12/h1-7,9,14H,8H2,(H,22,23)(H,24,25). The number of benzene rings is 1. The lowest BCUT2D eigenvalue weighted by Gasteiger charge is -2.24. The summed E-state index contributed by atoms with van der Waals surface area (Å²) in [6.07, 6.45) is -1.65. The molecule has 0 aliphatic carbocycles. The smallest absolute Gasteiger partial charge is 0.346 e. The number of carbonyl (C=O) groups excluding carboxylic acids is 1. The molecule has 0 spiro atoms. The van der Waals surface area contributed by atoms with Gasteiger partial charge in [0.15, 0.2) is 6.04 Å². The van der Waals surface area contributed by atoms with Crippen molar-refractivity contribution in [3.8, 4) is 0 Å². The Bertz CT molecular complexity index is 815. The number of aromatic nitrogens is 1. The van der Waals surface area contributed by atoms with Gasteiger partial charge in [0.1, 0.15) is 11.6 Å². The van der Waals surface area contributed by atoms with Crippen LogP contribution in [0.15, 0.2) is 54.4 Å². The Balaban J connectivity index is 1.80. The van der Waals surface area contributed by atoms with Gasteiger partial charge in [0.05, 0.1) is 0 Å². The van der Waals surface area contributed by atoms with Gasteiger partial charge < -0.3 is 10.6 Å². The van der Waals surface area contributed by atoms with Crippen molar-refractivity contribution < 1.29 is 22.4 Å². The average molecular weight is 351 g/mol. The van der Waals surface area contributed by atoms with Gasteiger partial charge in [-0.15, -0.1) is 0 Å². The van der Waals surface area contributed by atoms with Gasteiger partial charge in [-0.2, -0.15) is 13.2 Å². The number of anilines is 1. The zero-order valence-electron chi connectivity index (χ0n) is 12.8. The number of carbonyl (C=O) groups is 1. The summed E-state index contributed by atoms with van der Waals surface area (Å²) >= 11 is 0. The first-order valence-corrected chi connectivity index (χ1v) is 7.37. The van der Waals surface area contributed by atoms with E-state index >= 15 is 0 Å². The van der Waals surface area contributed by atoms with Crippen molar-refractivity contribution in [2.45, 2.75) is 18.6 Å². The fourth-order valence-corrected chi connectivity index (χ4v) is 2.50. The Morgan fingerprint density at radius 1 is 1.20 bits per heavy atom. The van der Waals surface area contributed by atoms with E-state index in [0.717, 1.165) is 24.3 Å². The molecule has 1 aromatic heterocycles. The van der Waals surface area contributed by atoms with E-state index in [1.54, 1.807) is 18.3 Å². The molecule has 4 nitrogen and oxygen atoms in total. The van der Waals surface area contributed by atoms with Crippen molar-refractivity contribution in [3.63, 3.8) is 0 Å². The lowest BCUT2D eigenvalue weighted by molar-refractivity contribution is -0.162. The first-order valence-electron chi connectivity index (χ1n) is 7.37. The van der Waals surface area contributed by atoms with Gasteiger partial charge in [-0.05, 0) is 29.3 Å². The van der Waals surface area contributed by atoms with Crippen molar-refractivity contribution in [3.05, 3.63) is 71.3 Å². The SMILES string of the molecule is O=C(NC(c1ccc(F)cc1)C(F)(F)F)C1=CNc2ncccc2C1. The van der Waals surface area contributed by atoms with Crippen LogP contribution in [0.1, 0.15) is 17.2 Å². The second-order valence-corrected chi connectivity index (χ2v) is 5.50. The zero-order valence-corrected chi connectivity index (χ0v) is 12.8. The summed E-state index contributed by atoms with van der Waals surface area (Å²) in [6, 6.07) is 5.03. The lowest BCUT2D eigenvalue weighted by atomic mass is 10.0. The van der Waals surface area contributed by atoms with Gasteiger partial charge in [0.25, 0.3) is 0 Å².